The highest BCUT2D eigenvalue weighted by Crippen LogP contribution is 2.34. The normalized spacial score (nSPS) is 14.9. The van der Waals surface area contributed by atoms with Gasteiger partial charge in [-0.15, -0.1) is 0 Å². The van der Waals surface area contributed by atoms with E-state index in [-0.39, 0.29) is 17.5 Å². The smallest absolute Gasteiger partial charge is 0.339 e. The fourth-order valence-corrected chi connectivity index (χ4v) is 3.59. The van der Waals surface area contributed by atoms with Crippen LogP contribution in [-0.4, -0.2) is 27.2 Å². The first-order valence-electron chi connectivity index (χ1n) is 7.24. The van der Waals surface area contributed by atoms with Crippen molar-refractivity contribution < 1.29 is 17.9 Å². The Morgan fingerprint density at radius 1 is 1.04 bits per heavy atom. The molecule has 0 fully saturated rings. The average Bonchev–Trinajstić information content (AvgIpc) is 2.91. The Kier molecular flexibility index (Phi) is 4.36. The summed E-state index contributed by atoms with van der Waals surface area (Å²) in [7, 11) is -3.25. The second kappa shape index (κ2) is 6.18. The molecule has 0 bridgehead atoms. The number of ether oxygens (including phenoxy) is 1. The van der Waals surface area contributed by atoms with E-state index in [0.717, 1.165) is 26.7 Å². The second-order valence-electron chi connectivity index (χ2n) is 5.69. The molecule has 1 aliphatic rings. The molecular weight excluding hydrogens is 392 g/mol. The summed E-state index contributed by atoms with van der Waals surface area (Å²) in [6.07, 6.45) is 1.17. The van der Waals surface area contributed by atoms with E-state index in [1.165, 1.54) is 6.26 Å². The fourth-order valence-electron chi connectivity index (χ4n) is 2.58. The Bertz CT molecular complexity index is 957. The Hall–Kier alpha value is -1.92. The molecule has 0 saturated heterocycles. The minimum absolute atomic E-state index is 0.178. The molecule has 0 saturated carbocycles. The van der Waals surface area contributed by atoms with Gasteiger partial charge < -0.3 is 4.74 Å². The molecule has 0 atom stereocenters. The topological polar surface area (TPSA) is 60.4 Å². The first-order valence-corrected chi connectivity index (χ1v) is 9.93. The van der Waals surface area contributed by atoms with Crippen molar-refractivity contribution in [2.45, 2.75) is 11.8 Å². The summed E-state index contributed by atoms with van der Waals surface area (Å²) in [4.78, 5) is 12.4. The monoisotopic (exact) mass is 406 g/mol. The lowest BCUT2D eigenvalue weighted by atomic mass is 9.96. The van der Waals surface area contributed by atoms with E-state index in [1.807, 2.05) is 25.1 Å². The van der Waals surface area contributed by atoms with Gasteiger partial charge in [0.15, 0.2) is 9.84 Å². The van der Waals surface area contributed by atoms with Crippen molar-refractivity contribution >= 4 is 42.9 Å². The van der Waals surface area contributed by atoms with Crippen molar-refractivity contribution in [2.24, 2.45) is 0 Å². The van der Waals surface area contributed by atoms with Crippen LogP contribution in [0.4, 0.5) is 0 Å². The number of carbonyl (C=O) groups is 1. The molecule has 0 N–H and O–H groups in total. The third-order valence-corrected chi connectivity index (χ3v) is 5.93. The van der Waals surface area contributed by atoms with Gasteiger partial charge in [-0.3, -0.25) is 0 Å². The number of hydrogen-bond acceptors (Lipinski definition) is 4. The van der Waals surface area contributed by atoms with E-state index in [2.05, 4.69) is 15.9 Å². The number of carbonyl (C=O) groups excluding carboxylic acids is 1. The summed E-state index contributed by atoms with van der Waals surface area (Å²) in [5.74, 6) is -0.368. The lowest BCUT2D eigenvalue weighted by molar-refractivity contribution is -0.133. The van der Waals surface area contributed by atoms with E-state index >= 15 is 0 Å². The van der Waals surface area contributed by atoms with Crippen molar-refractivity contribution in [1.82, 2.24) is 0 Å². The zero-order valence-corrected chi connectivity index (χ0v) is 15.6. The molecule has 6 heteroatoms. The molecule has 0 aromatic heterocycles. The average molecular weight is 407 g/mol. The molecule has 4 nitrogen and oxygen atoms in total. The highest BCUT2D eigenvalue weighted by atomic mass is 79.9. The number of aryl methyl sites for hydroxylation is 1. The van der Waals surface area contributed by atoms with Crippen molar-refractivity contribution in [2.75, 3.05) is 12.9 Å². The van der Waals surface area contributed by atoms with Crippen LogP contribution in [0.5, 0.6) is 0 Å². The molecule has 0 unspecified atom stereocenters. The number of rotatable bonds is 3. The van der Waals surface area contributed by atoms with Crippen molar-refractivity contribution in [3.63, 3.8) is 0 Å². The minimum atomic E-state index is -3.25. The first kappa shape index (κ1) is 16.9. The Morgan fingerprint density at radius 3 is 2.25 bits per heavy atom. The van der Waals surface area contributed by atoms with Crippen LogP contribution in [0.25, 0.3) is 11.1 Å². The summed E-state index contributed by atoms with van der Waals surface area (Å²) in [5.41, 5.74) is 3.90. The zero-order chi connectivity index (χ0) is 17.5. The minimum Gasteiger partial charge on any atom is -0.457 e. The van der Waals surface area contributed by atoms with Crippen LogP contribution in [-0.2, 0) is 19.4 Å². The van der Waals surface area contributed by atoms with Crippen molar-refractivity contribution in [1.29, 1.82) is 0 Å². The molecule has 1 heterocycles. The van der Waals surface area contributed by atoms with Crippen LogP contribution in [0.3, 0.4) is 0 Å². The standard InChI is InChI=1S/C18H15BrO4S/c1-11-3-4-13(9-16(11)19)17-15(10-23-18(17)20)12-5-7-14(8-6-12)24(2,21)22/h3-9H,10H2,1-2H3. The van der Waals surface area contributed by atoms with Crippen LogP contribution in [0.1, 0.15) is 16.7 Å². The molecule has 1 aliphatic heterocycles. The van der Waals surface area contributed by atoms with E-state index in [9.17, 15) is 13.2 Å². The van der Waals surface area contributed by atoms with Crippen molar-refractivity contribution in [3.8, 4) is 0 Å². The van der Waals surface area contributed by atoms with Gasteiger partial charge in [0.05, 0.1) is 10.5 Å². The summed E-state index contributed by atoms with van der Waals surface area (Å²) >= 11 is 3.48. The first-order chi connectivity index (χ1) is 11.3. The van der Waals surface area contributed by atoms with Gasteiger partial charge in [-0.05, 0) is 41.8 Å². The molecule has 0 radical (unpaired) electrons. The quantitative estimate of drug-likeness (QED) is 0.730. The number of esters is 1. The summed E-state index contributed by atoms with van der Waals surface area (Å²) < 4.78 is 29.3. The van der Waals surface area contributed by atoms with E-state index in [4.69, 9.17) is 4.74 Å². The number of sulfone groups is 1. The Labute approximate surface area is 149 Å². The van der Waals surface area contributed by atoms with E-state index < -0.39 is 9.84 Å². The molecular formula is C18H15BrO4S. The second-order valence-corrected chi connectivity index (χ2v) is 8.56. The van der Waals surface area contributed by atoms with Gasteiger partial charge in [0.25, 0.3) is 0 Å². The number of cyclic esters (lactones) is 1. The molecule has 3 rings (SSSR count). The molecule has 24 heavy (non-hydrogen) atoms. The fraction of sp³-hybridized carbons (Fsp3) is 0.167. The molecule has 0 spiro atoms. The molecule has 2 aromatic rings. The maximum Gasteiger partial charge on any atom is 0.339 e. The maximum absolute atomic E-state index is 12.2. The van der Waals surface area contributed by atoms with Gasteiger partial charge in [-0.2, -0.15) is 0 Å². The van der Waals surface area contributed by atoms with Gasteiger partial charge in [0.2, 0.25) is 0 Å². The van der Waals surface area contributed by atoms with Crippen molar-refractivity contribution in [3.05, 3.63) is 63.6 Å². The predicted molar refractivity (Wildman–Crippen MR) is 96.2 cm³/mol. The van der Waals surface area contributed by atoms with Crippen LogP contribution in [0, 0.1) is 6.92 Å². The highest BCUT2D eigenvalue weighted by Gasteiger charge is 2.27. The van der Waals surface area contributed by atoms with E-state index in [0.29, 0.717) is 5.57 Å². The molecule has 0 aliphatic carbocycles. The lowest BCUT2D eigenvalue weighted by Crippen LogP contribution is -1.99. The van der Waals surface area contributed by atoms with Crippen LogP contribution in [0.15, 0.2) is 51.8 Å². The van der Waals surface area contributed by atoms with Crippen LogP contribution in [0.2, 0.25) is 0 Å². The number of hydrogen-bond donors (Lipinski definition) is 0. The summed E-state index contributed by atoms with van der Waals surface area (Å²) in [6, 6.07) is 12.2. The largest absolute Gasteiger partial charge is 0.457 e. The van der Waals surface area contributed by atoms with Gasteiger partial charge in [-0.1, -0.05) is 40.2 Å². The summed E-state index contributed by atoms with van der Waals surface area (Å²) in [5, 5.41) is 0. The predicted octanol–water partition coefficient (Wildman–Crippen LogP) is 3.63. The summed E-state index contributed by atoms with van der Waals surface area (Å²) in [6.45, 7) is 2.15. The zero-order valence-electron chi connectivity index (χ0n) is 13.2. The van der Waals surface area contributed by atoms with Gasteiger partial charge in [0, 0.05) is 16.3 Å². The van der Waals surface area contributed by atoms with Crippen LogP contribution < -0.4 is 0 Å². The Balaban J connectivity index is 2.11. The van der Waals surface area contributed by atoms with Gasteiger partial charge in [-0.25, -0.2) is 13.2 Å². The third kappa shape index (κ3) is 3.16. The van der Waals surface area contributed by atoms with Crippen LogP contribution >= 0.6 is 15.9 Å². The molecule has 0 amide bonds. The number of halogens is 1. The van der Waals surface area contributed by atoms with Gasteiger partial charge >= 0.3 is 5.97 Å². The SMILES string of the molecule is Cc1ccc(C2=C(c3ccc(S(C)(=O)=O)cc3)COC2=O)cc1Br. The maximum atomic E-state index is 12.2. The number of benzene rings is 2. The third-order valence-electron chi connectivity index (χ3n) is 3.94. The molecule has 2 aromatic carbocycles. The lowest BCUT2D eigenvalue weighted by Gasteiger charge is -2.07. The highest BCUT2D eigenvalue weighted by molar-refractivity contribution is 9.10. The van der Waals surface area contributed by atoms with Gasteiger partial charge in [0.1, 0.15) is 6.61 Å². The molecule has 124 valence electrons. The Morgan fingerprint density at radius 2 is 1.67 bits per heavy atom. The van der Waals surface area contributed by atoms with E-state index in [1.54, 1.807) is 24.3 Å².